The number of methoxy groups -OCH3 is 1. The number of ketones is 1. The topological polar surface area (TPSA) is 42.1 Å². The zero-order chi connectivity index (χ0) is 13.5. The minimum Gasteiger partial charge on any atom is -0.496 e. The first kappa shape index (κ1) is 12.7. The van der Waals surface area contributed by atoms with Gasteiger partial charge in [-0.3, -0.25) is 4.79 Å². The molecule has 0 amide bonds. The molecule has 0 unspecified atom stereocenters. The highest BCUT2D eigenvalue weighted by molar-refractivity contribution is 6.03. The van der Waals surface area contributed by atoms with Crippen LogP contribution >= 0.6 is 0 Å². The molecular weight excluding hydrogens is 226 g/mol. The maximum atomic E-state index is 12.3. The molecule has 2 aromatic rings. The Hall–Kier alpha value is -1.77. The van der Waals surface area contributed by atoms with E-state index in [0.29, 0.717) is 5.69 Å². The van der Waals surface area contributed by atoms with Crippen LogP contribution < -0.4 is 4.74 Å². The van der Waals surface area contributed by atoms with Crippen LogP contribution in [0.25, 0.3) is 10.9 Å². The Balaban J connectivity index is 2.64. The summed E-state index contributed by atoms with van der Waals surface area (Å²) < 4.78 is 5.33. The summed E-state index contributed by atoms with van der Waals surface area (Å²) in [5.74, 6) is 0.903. The second-order valence-electron chi connectivity index (χ2n) is 5.64. The predicted molar refractivity (Wildman–Crippen MR) is 73.4 cm³/mol. The van der Waals surface area contributed by atoms with Crippen LogP contribution in [0, 0.1) is 12.3 Å². The molecule has 0 saturated heterocycles. The number of aromatic nitrogens is 1. The van der Waals surface area contributed by atoms with Gasteiger partial charge in [0, 0.05) is 10.8 Å². The summed E-state index contributed by atoms with van der Waals surface area (Å²) in [5.41, 5.74) is 2.34. The Kier molecular flexibility index (Phi) is 2.93. The summed E-state index contributed by atoms with van der Waals surface area (Å²) in [6, 6.07) is 5.80. The Morgan fingerprint density at radius 2 is 1.94 bits per heavy atom. The number of hydrogen-bond acceptors (Lipinski definition) is 2. The summed E-state index contributed by atoms with van der Waals surface area (Å²) in [5, 5.41) is 0.963. The van der Waals surface area contributed by atoms with E-state index in [4.69, 9.17) is 4.74 Å². The van der Waals surface area contributed by atoms with E-state index in [1.165, 1.54) is 0 Å². The standard InChI is InChI=1S/C15H19NO2/c1-9-6-7-12(18-5)10-8-11(16-13(9)10)14(17)15(2,3)4/h6-8,16H,1-5H3. The number of carbonyl (C=O) groups is 1. The molecule has 0 spiro atoms. The van der Waals surface area contributed by atoms with Crippen molar-refractivity contribution < 1.29 is 9.53 Å². The van der Waals surface area contributed by atoms with Gasteiger partial charge < -0.3 is 9.72 Å². The van der Waals surface area contributed by atoms with E-state index in [9.17, 15) is 4.79 Å². The summed E-state index contributed by atoms with van der Waals surface area (Å²) in [4.78, 5) is 15.5. The molecule has 1 aromatic carbocycles. The maximum Gasteiger partial charge on any atom is 0.184 e. The van der Waals surface area contributed by atoms with E-state index in [1.54, 1.807) is 7.11 Å². The van der Waals surface area contributed by atoms with Crippen LogP contribution in [0.3, 0.4) is 0 Å². The van der Waals surface area contributed by atoms with Crippen molar-refractivity contribution in [2.75, 3.05) is 7.11 Å². The van der Waals surface area contributed by atoms with Crippen molar-refractivity contribution in [3.8, 4) is 5.75 Å². The van der Waals surface area contributed by atoms with Crippen LogP contribution in [0.15, 0.2) is 18.2 Å². The number of H-pyrrole nitrogens is 1. The lowest BCUT2D eigenvalue weighted by Crippen LogP contribution is -2.20. The quantitative estimate of drug-likeness (QED) is 0.819. The minimum absolute atomic E-state index is 0.111. The first-order valence-electron chi connectivity index (χ1n) is 6.05. The van der Waals surface area contributed by atoms with Gasteiger partial charge in [0.25, 0.3) is 0 Å². The Labute approximate surface area is 107 Å². The average molecular weight is 245 g/mol. The van der Waals surface area contributed by atoms with Crippen LogP contribution in [-0.2, 0) is 0 Å². The molecule has 0 bridgehead atoms. The maximum absolute atomic E-state index is 12.3. The number of benzene rings is 1. The lowest BCUT2D eigenvalue weighted by Gasteiger charge is -2.14. The Morgan fingerprint density at radius 3 is 2.50 bits per heavy atom. The highest BCUT2D eigenvalue weighted by Gasteiger charge is 2.25. The van der Waals surface area contributed by atoms with Crippen molar-refractivity contribution in [1.29, 1.82) is 0 Å². The van der Waals surface area contributed by atoms with Crippen LogP contribution in [-0.4, -0.2) is 17.9 Å². The van der Waals surface area contributed by atoms with Crippen molar-refractivity contribution in [2.45, 2.75) is 27.7 Å². The van der Waals surface area contributed by atoms with Crippen LogP contribution in [0.5, 0.6) is 5.75 Å². The second-order valence-corrected chi connectivity index (χ2v) is 5.64. The largest absolute Gasteiger partial charge is 0.496 e. The molecule has 1 heterocycles. The van der Waals surface area contributed by atoms with Gasteiger partial charge in [0.2, 0.25) is 0 Å². The Morgan fingerprint density at radius 1 is 1.28 bits per heavy atom. The van der Waals surface area contributed by atoms with E-state index in [0.717, 1.165) is 22.2 Å². The second kappa shape index (κ2) is 4.16. The molecule has 0 aliphatic heterocycles. The number of rotatable bonds is 2. The van der Waals surface area contributed by atoms with Crippen molar-refractivity contribution in [2.24, 2.45) is 5.41 Å². The molecule has 0 aliphatic carbocycles. The number of Topliss-reactive ketones (excluding diaryl/α,β-unsaturated/α-hetero) is 1. The number of aromatic amines is 1. The average Bonchev–Trinajstić information content (AvgIpc) is 2.73. The fourth-order valence-electron chi connectivity index (χ4n) is 2.04. The molecule has 0 fully saturated rings. The van der Waals surface area contributed by atoms with Crippen molar-refractivity contribution >= 4 is 16.7 Å². The highest BCUT2D eigenvalue weighted by Crippen LogP contribution is 2.31. The molecule has 3 heteroatoms. The Bertz CT molecular complexity index is 603. The summed E-state index contributed by atoms with van der Waals surface area (Å²) in [6.07, 6.45) is 0. The molecule has 96 valence electrons. The van der Waals surface area contributed by atoms with Crippen LogP contribution in [0.2, 0.25) is 0 Å². The molecule has 3 nitrogen and oxygen atoms in total. The van der Waals surface area contributed by atoms with Gasteiger partial charge in [-0.25, -0.2) is 0 Å². The fourth-order valence-corrected chi connectivity index (χ4v) is 2.04. The number of nitrogens with one attached hydrogen (secondary N) is 1. The van der Waals surface area contributed by atoms with Crippen molar-refractivity contribution in [1.82, 2.24) is 4.98 Å². The van der Waals surface area contributed by atoms with Gasteiger partial charge >= 0.3 is 0 Å². The van der Waals surface area contributed by atoms with Gasteiger partial charge in [-0.15, -0.1) is 0 Å². The van der Waals surface area contributed by atoms with Gasteiger partial charge in [-0.2, -0.15) is 0 Å². The monoisotopic (exact) mass is 245 g/mol. The first-order valence-corrected chi connectivity index (χ1v) is 6.05. The zero-order valence-corrected chi connectivity index (χ0v) is 11.5. The number of carbonyl (C=O) groups excluding carboxylic acids is 1. The molecule has 0 radical (unpaired) electrons. The normalized spacial score (nSPS) is 11.8. The van der Waals surface area contributed by atoms with E-state index < -0.39 is 0 Å². The first-order chi connectivity index (χ1) is 8.34. The van der Waals surface area contributed by atoms with Crippen LogP contribution in [0.1, 0.15) is 36.8 Å². The molecule has 2 rings (SSSR count). The van der Waals surface area contributed by atoms with E-state index in [1.807, 2.05) is 45.9 Å². The fraction of sp³-hybridized carbons (Fsp3) is 0.400. The van der Waals surface area contributed by atoms with Gasteiger partial charge in [-0.05, 0) is 24.6 Å². The lowest BCUT2D eigenvalue weighted by molar-refractivity contribution is 0.0854. The molecule has 1 N–H and O–H groups in total. The zero-order valence-electron chi connectivity index (χ0n) is 11.5. The van der Waals surface area contributed by atoms with Gasteiger partial charge in [0.1, 0.15) is 5.75 Å². The molecule has 18 heavy (non-hydrogen) atoms. The van der Waals surface area contributed by atoms with E-state index in [2.05, 4.69) is 4.98 Å². The van der Waals surface area contributed by atoms with Crippen LogP contribution in [0.4, 0.5) is 0 Å². The smallest absolute Gasteiger partial charge is 0.184 e. The molecular formula is C15H19NO2. The third kappa shape index (κ3) is 2.01. The predicted octanol–water partition coefficient (Wildman–Crippen LogP) is 3.71. The van der Waals surface area contributed by atoms with Crippen molar-refractivity contribution in [3.63, 3.8) is 0 Å². The summed E-state index contributed by atoms with van der Waals surface area (Å²) in [7, 11) is 1.64. The van der Waals surface area contributed by atoms with Gasteiger partial charge in [0.05, 0.1) is 18.3 Å². The van der Waals surface area contributed by atoms with Crippen molar-refractivity contribution in [3.05, 3.63) is 29.5 Å². The molecule has 1 aromatic heterocycles. The van der Waals surface area contributed by atoms with E-state index in [-0.39, 0.29) is 11.2 Å². The minimum atomic E-state index is -0.387. The third-order valence-electron chi connectivity index (χ3n) is 3.11. The molecule has 0 atom stereocenters. The lowest BCUT2D eigenvalue weighted by atomic mass is 9.89. The SMILES string of the molecule is COc1ccc(C)c2[nH]c(C(=O)C(C)(C)C)cc12. The molecule has 0 aliphatic rings. The molecule has 0 saturated carbocycles. The summed E-state index contributed by atoms with van der Waals surface area (Å²) in [6.45, 7) is 7.78. The number of fused-ring (bicyclic) bond motifs is 1. The van der Waals surface area contributed by atoms with E-state index >= 15 is 0 Å². The number of hydrogen-bond donors (Lipinski definition) is 1. The van der Waals surface area contributed by atoms with Gasteiger partial charge in [0.15, 0.2) is 5.78 Å². The van der Waals surface area contributed by atoms with Gasteiger partial charge in [-0.1, -0.05) is 26.8 Å². The number of aryl methyl sites for hydroxylation is 1. The number of ether oxygens (including phenoxy) is 1. The summed E-state index contributed by atoms with van der Waals surface area (Å²) >= 11 is 0. The third-order valence-corrected chi connectivity index (χ3v) is 3.11. The highest BCUT2D eigenvalue weighted by atomic mass is 16.5.